The maximum absolute atomic E-state index is 12.5. The van der Waals surface area contributed by atoms with E-state index < -0.39 is 11.7 Å². The molecular formula is C9H7F3N2. The highest BCUT2D eigenvalue weighted by Crippen LogP contribution is 2.33. The Labute approximate surface area is 78.0 Å². The summed E-state index contributed by atoms with van der Waals surface area (Å²) in [6, 6.07) is 1.61. The summed E-state index contributed by atoms with van der Waals surface area (Å²) in [4.78, 5) is 3.56. The fraction of sp³-hybridized carbons (Fsp3) is 0.222. The van der Waals surface area contributed by atoms with Crippen molar-refractivity contribution in [1.82, 2.24) is 9.55 Å². The Kier molecular flexibility index (Phi) is 1.77. The van der Waals surface area contributed by atoms with Crippen LogP contribution in [0.3, 0.4) is 0 Å². The molecule has 0 unspecified atom stereocenters. The summed E-state index contributed by atoms with van der Waals surface area (Å²) in [6.45, 7) is 0. The van der Waals surface area contributed by atoms with Crippen LogP contribution in [0.25, 0.3) is 10.9 Å². The molecule has 5 heteroatoms. The van der Waals surface area contributed by atoms with Crippen molar-refractivity contribution >= 4 is 10.9 Å². The zero-order chi connectivity index (χ0) is 10.3. The third-order valence-corrected chi connectivity index (χ3v) is 2.08. The van der Waals surface area contributed by atoms with Crippen LogP contribution >= 0.6 is 0 Å². The summed E-state index contributed by atoms with van der Waals surface area (Å²) < 4.78 is 39.0. The molecule has 0 aliphatic carbocycles. The highest BCUT2D eigenvalue weighted by atomic mass is 19.4. The van der Waals surface area contributed by atoms with E-state index in [1.165, 1.54) is 10.8 Å². The van der Waals surface area contributed by atoms with E-state index in [0.29, 0.717) is 5.39 Å². The highest BCUT2D eigenvalue weighted by molar-refractivity contribution is 5.82. The van der Waals surface area contributed by atoms with Crippen LogP contribution in [0.15, 0.2) is 24.7 Å². The van der Waals surface area contributed by atoms with Crippen LogP contribution in [0, 0.1) is 0 Å². The molecule has 2 rings (SSSR count). The molecular weight excluding hydrogens is 193 g/mol. The van der Waals surface area contributed by atoms with Gasteiger partial charge in [-0.25, -0.2) is 0 Å². The molecule has 0 N–H and O–H groups in total. The number of halogens is 3. The summed E-state index contributed by atoms with van der Waals surface area (Å²) in [5.41, 5.74) is -0.519. The Morgan fingerprint density at radius 1 is 1.29 bits per heavy atom. The van der Waals surface area contributed by atoms with Gasteiger partial charge in [0.1, 0.15) is 0 Å². The molecule has 0 radical (unpaired) electrons. The predicted octanol–water partition coefficient (Wildman–Crippen LogP) is 2.59. The molecule has 0 fully saturated rings. The van der Waals surface area contributed by atoms with Crippen molar-refractivity contribution in [2.45, 2.75) is 6.18 Å². The topological polar surface area (TPSA) is 17.8 Å². The zero-order valence-electron chi connectivity index (χ0n) is 7.34. The average Bonchev–Trinajstić information content (AvgIpc) is 2.46. The molecule has 0 atom stereocenters. The third kappa shape index (κ3) is 1.25. The van der Waals surface area contributed by atoms with Crippen LogP contribution in [-0.4, -0.2) is 9.55 Å². The van der Waals surface area contributed by atoms with Gasteiger partial charge >= 0.3 is 6.18 Å². The SMILES string of the molecule is Cn1ccc2cncc(C(F)(F)F)c21. The van der Waals surface area contributed by atoms with Gasteiger partial charge in [0.25, 0.3) is 0 Å². The Morgan fingerprint density at radius 3 is 2.64 bits per heavy atom. The maximum atomic E-state index is 12.5. The van der Waals surface area contributed by atoms with Crippen molar-refractivity contribution in [2.24, 2.45) is 7.05 Å². The van der Waals surface area contributed by atoms with E-state index in [0.717, 1.165) is 6.20 Å². The first-order valence-corrected chi connectivity index (χ1v) is 3.96. The van der Waals surface area contributed by atoms with Crippen LogP contribution in [0.2, 0.25) is 0 Å². The first-order chi connectivity index (χ1) is 6.50. The second-order valence-corrected chi connectivity index (χ2v) is 3.05. The Balaban J connectivity index is 2.82. The van der Waals surface area contributed by atoms with Gasteiger partial charge in [-0.15, -0.1) is 0 Å². The van der Waals surface area contributed by atoms with E-state index in [-0.39, 0.29) is 5.52 Å². The van der Waals surface area contributed by atoms with Crippen molar-refractivity contribution in [3.63, 3.8) is 0 Å². The molecule has 2 nitrogen and oxygen atoms in total. The van der Waals surface area contributed by atoms with Gasteiger partial charge in [0.05, 0.1) is 11.1 Å². The number of aromatic nitrogens is 2. The second-order valence-electron chi connectivity index (χ2n) is 3.05. The van der Waals surface area contributed by atoms with Gasteiger partial charge in [-0.2, -0.15) is 13.2 Å². The molecule has 2 heterocycles. The van der Waals surface area contributed by atoms with E-state index in [2.05, 4.69) is 4.98 Å². The minimum absolute atomic E-state index is 0.174. The molecule has 0 spiro atoms. The monoisotopic (exact) mass is 200 g/mol. The minimum atomic E-state index is -4.35. The highest BCUT2D eigenvalue weighted by Gasteiger charge is 2.33. The summed E-state index contributed by atoms with van der Waals surface area (Å²) in [5.74, 6) is 0. The van der Waals surface area contributed by atoms with Crippen LogP contribution in [0.4, 0.5) is 13.2 Å². The minimum Gasteiger partial charge on any atom is -0.350 e. The molecule has 2 aromatic rings. The lowest BCUT2D eigenvalue weighted by Gasteiger charge is -2.08. The van der Waals surface area contributed by atoms with Crippen LogP contribution < -0.4 is 0 Å². The molecule has 14 heavy (non-hydrogen) atoms. The van der Waals surface area contributed by atoms with Gasteiger partial charge in [-0.05, 0) is 6.07 Å². The second kappa shape index (κ2) is 2.73. The fourth-order valence-electron chi connectivity index (χ4n) is 1.46. The summed E-state index contributed by atoms with van der Waals surface area (Å²) in [7, 11) is 1.58. The van der Waals surface area contributed by atoms with Gasteiger partial charge in [-0.1, -0.05) is 0 Å². The molecule has 0 aliphatic rings. The van der Waals surface area contributed by atoms with Crippen LogP contribution in [0.1, 0.15) is 5.56 Å². The molecule has 0 saturated heterocycles. The third-order valence-electron chi connectivity index (χ3n) is 2.08. The normalized spacial score (nSPS) is 12.3. The summed E-state index contributed by atoms with van der Waals surface area (Å²) in [6.07, 6.45) is -0.493. The van der Waals surface area contributed by atoms with E-state index >= 15 is 0 Å². The van der Waals surface area contributed by atoms with E-state index in [1.54, 1.807) is 19.3 Å². The largest absolute Gasteiger partial charge is 0.419 e. The first kappa shape index (κ1) is 9.05. The predicted molar refractivity (Wildman–Crippen MR) is 45.7 cm³/mol. The lowest BCUT2D eigenvalue weighted by Crippen LogP contribution is -2.07. The van der Waals surface area contributed by atoms with Crippen LogP contribution in [-0.2, 0) is 13.2 Å². The number of hydrogen-bond acceptors (Lipinski definition) is 1. The quantitative estimate of drug-likeness (QED) is 0.639. The van der Waals surface area contributed by atoms with Crippen molar-refractivity contribution < 1.29 is 13.2 Å². The summed E-state index contributed by atoms with van der Waals surface area (Å²) >= 11 is 0. The standard InChI is InChI=1S/C9H7F3N2/c1-14-3-2-6-4-13-5-7(8(6)14)9(10,11)12/h2-5H,1H3. The van der Waals surface area contributed by atoms with E-state index in [4.69, 9.17) is 0 Å². The molecule has 0 saturated carbocycles. The number of pyridine rings is 1. The zero-order valence-corrected chi connectivity index (χ0v) is 7.34. The van der Waals surface area contributed by atoms with Crippen molar-refractivity contribution in [1.29, 1.82) is 0 Å². The fourth-order valence-corrected chi connectivity index (χ4v) is 1.46. The Hall–Kier alpha value is -1.52. The lowest BCUT2D eigenvalue weighted by molar-refractivity contribution is -0.136. The molecule has 74 valence electrons. The van der Waals surface area contributed by atoms with Gasteiger partial charge in [0.15, 0.2) is 0 Å². The van der Waals surface area contributed by atoms with Gasteiger partial charge in [-0.3, -0.25) is 4.98 Å². The number of aryl methyl sites for hydroxylation is 1. The number of nitrogens with zero attached hydrogens (tertiary/aromatic N) is 2. The van der Waals surface area contributed by atoms with Crippen LogP contribution in [0.5, 0.6) is 0 Å². The molecule has 0 aromatic carbocycles. The molecule has 0 bridgehead atoms. The van der Waals surface area contributed by atoms with Crippen molar-refractivity contribution in [3.05, 3.63) is 30.2 Å². The smallest absolute Gasteiger partial charge is 0.350 e. The Morgan fingerprint density at radius 2 is 2.00 bits per heavy atom. The number of alkyl halides is 3. The van der Waals surface area contributed by atoms with Gasteiger partial charge in [0, 0.05) is 31.0 Å². The Bertz CT molecular complexity index is 470. The van der Waals surface area contributed by atoms with Crippen molar-refractivity contribution in [3.8, 4) is 0 Å². The molecule has 0 amide bonds. The first-order valence-electron chi connectivity index (χ1n) is 3.96. The van der Waals surface area contributed by atoms with E-state index in [1.807, 2.05) is 0 Å². The summed E-state index contributed by atoms with van der Waals surface area (Å²) in [5, 5.41) is 0.502. The van der Waals surface area contributed by atoms with Gasteiger partial charge in [0.2, 0.25) is 0 Å². The van der Waals surface area contributed by atoms with Crippen molar-refractivity contribution in [2.75, 3.05) is 0 Å². The number of rotatable bonds is 0. The number of fused-ring (bicyclic) bond motifs is 1. The number of hydrogen-bond donors (Lipinski definition) is 0. The molecule has 2 aromatic heterocycles. The maximum Gasteiger partial charge on any atom is 0.419 e. The average molecular weight is 200 g/mol. The van der Waals surface area contributed by atoms with E-state index in [9.17, 15) is 13.2 Å². The molecule has 0 aliphatic heterocycles. The lowest BCUT2D eigenvalue weighted by atomic mass is 10.2. The van der Waals surface area contributed by atoms with Gasteiger partial charge < -0.3 is 4.57 Å².